The molecule has 0 saturated carbocycles. The van der Waals surface area contributed by atoms with Crippen LogP contribution in [0.4, 0.5) is 0 Å². The Balaban J connectivity index is 1.76. The van der Waals surface area contributed by atoms with Crippen LogP contribution in [0, 0.1) is 13.8 Å². The van der Waals surface area contributed by atoms with Gasteiger partial charge in [0.1, 0.15) is 18.4 Å². The average Bonchev–Trinajstić information content (AvgIpc) is 3.08. The van der Waals surface area contributed by atoms with E-state index in [0.717, 1.165) is 11.1 Å². The SMILES string of the molecule is Cc1ccc(S(=O)(=O)OC[C@H]2OC(N=[N+]=[N-])C[C@@H]2OS(=O)(=O)c2ccc(C)cc2)cc1. The molecule has 10 nitrogen and oxygen atoms in total. The van der Waals surface area contributed by atoms with Crippen LogP contribution in [0.5, 0.6) is 0 Å². The van der Waals surface area contributed by atoms with E-state index in [-0.39, 0.29) is 16.2 Å². The molecule has 3 rings (SSSR count). The molecule has 2 aromatic carbocycles. The van der Waals surface area contributed by atoms with Crippen LogP contribution in [-0.2, 0) is 33.3 Å². The summed E-state index contributed by atoms with van der Waals surface area (Å²) < 4.78 is 65.9. The van der Waals surface area contributed by atoms with Crippen LogP contribution < -0.4 is 0 Å². The minimum Gasteiger partial charge on any atom is -0.364 e. The zero-order valence-corrected chi connectivity index (χ0v) is 18.4. The molecule has 166 valence electrons. The minimum atomic E-state index is -4.16. The normalized spacial score (nSPS) is 21.5. The first-order valence-corrected chi connectivity index (χ1v) is 12.1. The molecule has 0 aliphatic carbocycles. The predicted molar refractivity (Wildman–Crippen MR) is 110 cm³/mol. The molecule has 1 unspecified atom stereocenters. The second-order valence-electron chi connectivity index (χ2n) is 7.02. The van der Waals surface area contributed by atoms with Crippen molar-refractivity contribution in [3.8, 4) is 0 Å². The van der Waals surface area contributed by atoms with E-state index in [1.54, 1.807) is 24.3 Å². The van der Waals surface area contributed by atoms with Gasteiger partial charge < -0.3 is 4.74 Å². The highest BCUT2D eigenvalue weighted by Gasteiger charge is 2.40. The Bertz CT molecular complexity index is 1170. The number of ether oxygens (including phenoxy) is 1. The van der Waals surface area contributed by atoms with Gasteiger partial charge in [0.05, 0.1) is 16.4 Å². The number of rotatable bonds is 8. The van der Waals surface area contributed by atoms with E-state index in [1.807, 2.05) is 13.8 Å². The fourth-order valence-corrected chi connectivity index (χ4v) is 4.96. The van der Waals surface area contributed by atoms with E-state index in [1.165, 1.54) is 24.3 Å². The van der Waals surface area contributed by atoms with Crippen LogP contribution in [0.15, 0.2) is 63.4 Å². The van der Waals surface area contributed by atoms with Crippen LogP contribution in [0.1, 0.15) is 17.5 Å². The summed E-state index contributed by atoms with van der Waals surface area (Å²) in [4.78, 5) is 2.54. The van der Waals surface area contributed by atoms with Crippen molar-refractivity contribution in [1.29, 1.82) is 0 Å². The summed E-state index contributed by atoms with van der Waals surface area (Å²) in [6, 6.07) is 12.1. The third kappa shape index (κ3) is 5.82. The van der Waals surface area contributed by atoms with E-state index in [9.17, 15) is 16.8 Å². The Labute approximate surface area is 180 Å². The molecule has 31 heavy (non-hydrogen) atoms. The fraction of sp³-hybridized carbons (Fsp3) is 0.368. The molecule has 0 N–H and O–H groups in total. The molecule has 0 spiro atoms. The van der Waals surface area contributed by atoms with E-state index in [4.69, 9.17) is 18.6 Å². The molecule has 1 fully saturated rings. The molecule has 0 amide bonds. The Hall–Kier alpha value is -2.47. The molecule has 3 atom stereocenters. The van der Waals surface area contributed by atoms with Gasteiger partial charge in [-0.25, -0.2) is 0 Å². The van der Waals surface area contributed by atoms with Crippen molar-refractivity contribution >= 4 is 20.2 Å². The quantitative estimate of drug-likeness (QED) is 0.251. The van der Waals surface area contributed by atoms with E-state index in [0.29, 0.717) is 0 Å². The fourth-order valence-electron chi connectivity index (χ4n) is 2.93. The molecule has 12 heteroatoms. The highest BCUT2D eigenvalue weighted by molar-refractivity contribution is 7.87. The first-order valence-electron chi connectivity index (χ1n) is 9.26. The highest BCUT2D eigenvalue weighted by atomic mass is 32.2. The molecule has 0 aromatic heterocycles. The monoisotopic (exact) mass is 467 g/mol. The standard InChI is InChI=1S/C19H21N3O7S2/c1-13-3-7-15(8-4-13)30(23,24)27-12-18-17(11-19(28-18)21-22-20)29-31(25,26)16-9-5-14(2)6-10-16/h3-10,17-19H,11-12H2,1-2H3/t17-,18+,19?/m0/s1. The summed E-state index contributed by atoms with van der Waals surface area (Å²) >= 11 is 0. The predicted octanol–water partition coefficient (Wildman–Crippen LogP) is 3.21. The third-order valence-corrected chi connectivity index (χ3v) is 7.26. The molecule has 0 radical (unpaired) electrons. The molecule has 1 saturated heterocycles. The van der Waals surface area contributed by atoms with Gasteiger partial charge in [-0.05, 0) is 43.6 Å². The number of hydrogen-bond acceptors (Lipinski definition) is 8. The topological polar surface area (TPSA) is 145 Å². The molecular weight excluding hydrogens is 446 g/mol. The summed E-state index contributed by atoms with van der Waals surface area (Å²) in [7, 11) is -8.27. The summed E-state index contributed by atoms with van der Waals surface area (Å²) in [6.07, 6.45) is -3.28. The number of nitrogens with zero attached hydrogens (tertiary/aromatic N) is 3. The van der Waals surface area contributed by atoms with Crippen molar-refractivity contribution in [2.24, 2.45) is 5.11 Å². The van der Waals surface area contributed by atoms with Crippen LogP contribution >= 0.6 is 0 Å². The zero-order valence-electron chi connectivity index (χ0n) is 16.8. The van der Waals surface area contributed by atoms with Crippen LogP contribution in [-0.4, -0.2) is 41.9 Å². The zero-order chi connectivity index (χ0) is 22.6. The van der Waals surface area contributed by atoms with Gasteiger partial charge in [-0.1, -0.05) is 40.5 Å². The lowest BCUT2D eigenvalue weighted by Gasteiger charge is -2.18. The molecule has 1 heterocycles. The summed E-state index contributed by atoms with van der Waals surface area (Å²) in [5.74, 6) is 0. The van der Waals surface area contributed by atoms with Crippen molar-refractivity contribution in [2.75, 3.05) is 6.61 Å². The Morgan fingerprint density at radius 2 is 1.48 bits per heavy atom. The maximum atomic E-state index is 12.6. The largest absolute Gasteiger partial charge is 0.364 e. The summed E-state index contributed by atoms with van der Waals surface area (Å²) in [6.45, 7) is 3.12. The van der Waals surface area contributed by atoms with Crippen molar-refractivity contribution in [3.63, 3.8) is 0 Å². The molecular formula is C19H21N3O7S2. The lowest BCUT2D eigenvalue weighted by molar-refractivity contribution is -0.00512. The van der Waals surface area contributed by atoms with E-state index in [2.05, 4.69) is 10.0 Å². The molecule has 2 aromatic rings. The van der Waals surface area contributed by atoms with Gasteiger partial charge in [-0.2, -0.15) is 16.8 Å². The third-order valence-electron chi connectivity index (χ3n) is 4.62. The maximum Gasteiger partial charge on any atom is 0.297 e. The number of hydrogen-bond donors (Lipinski definition) is 0. The smallest absolute Gasteiger partial charge is 0.297 e. The van der Waals surface area contributed by atoms with Crippen molar-refractivity contribution in [2.45, 2.75) is 48.5 Å². The number of azide groups is 1. The van der Waals surface area contributed by atoms with E-state index < -0.39 is 45.3 Å². The minimum absolute atomic E-state index is 0.0487. The van der Waals surface area contributed by atoms with Crippen LogP contribution in [0.2, 0.25) is 0 Å². The van der Waals surface area contributed by atoms with Gasteiger partial charge in [0, 0.05) is 11.3 Å². The number of benzene rings is 2. The van der Waals surface area contributed by atoms with E-state index >= 15 is 0 Å². The second-order valence-corrected chi connectivity index (χ2v) is 10.2. The van der Waals surface area contributed by atoms with Crippen LogP contribution in [0.25, 0.3) is 10.4 Å². The lowest BCUT2D eigenvalue weighted by Crippen LogP contribution is -2.32. The van der Waals surface area contributed by atoms with Gasteiger partial charge in [-0.15, -0.1) is 0 Å². The first-order chi connectivity index (χ1) is 14.6. The van der Waals surface area contributed by atoms with Crippen molar-refractivity contribution in [3.05, 3.63) is 70.1 Å². The lowest BCUT2D eigenvalue weighted by atomic mass is 10.2. The molecule has 1 aliphatic rings. The van der Waals surface area contributed by atoms with Gasteiger partial charge in [0.2, 0.25) is 0 Å². The molecule has 1 aliphatic heterocycles. The average molecular weight is 468 g/mol. The summed E-state index contributed by atoms with van der Waals surface area (Å²) in [5, 5.41) is 3.43. The maximum absolute atomic E-state index is 12.6. The Kier molecular flexibility index (Phi) is 6.99. The summed E-state index contributed by atoms with van der Waals surface area (Å²) in [5.41, 5.74) is 10.4. The van der Waals surface area contributed by atoms with Crippen molar-refractivity contribution in [1.82, 2.24) is 0 Å². The second kappa shape index (κ2) is 9.35. The first kappa shape index (κ1) is 23.2. The van der Waals surface area contributed by atoms with Crippen molar-refractivity contribution < 1.29 is 29.9 Å². The molecule has 0 bridgehead atoms. The number of aryl methyl sites for hydroxylation is 2. The highest BCUT2D eigenvalue weighted by Crippen LogP contribution is 2.29. The van der Waals surface area contributed by atoms with Gasteiger partial charge in [-0.3, -0.25) is 8.37 Å². The Morgan fingerprint density at radius 1 is 0.968 bits per heavy atom. The Morgan fingerprint density at radius 3 is 2.00 bits per heavy atom. The van der Waals surface area contributed by atoms with Gasteiger partial charge in [0.15, 0.2) is 0 Å². The van der Waals surface area contributed by atoms with Crippen LogP contribution in [0.3, 0.4) is 0 Å². The van der Waals surface area contributed by atoms with Gasteiger partial charge >= 0.3 is 0 Å². The van der Waals surface area contributed by atoms with Gasteiger partial charge in [0.25, 0.3) is 20.2 Å².